The fourth-order valence-electron chi connectivity index (χ4n) is 2.15. The highest BCUT2D eigenvalue weighted by Crippen LogP contribution is 2.33. The van der Waals surface area contributed by atoms with E-state index in [2.05, 4.69) is 10.0 Å². The van der Waals surface area contributed by atoms with Crippen LogP contribution in [-0.2, 0) is 16.2 Å². The van der Waals surface area contributed by atoms with E-state index in [1.54, 1.807) is 0 Å². The molecule has 2 rings (SSSR count). The third kappa shape index (κ3) is 3.50. The molecule has 1 aromatic rings. The molecule has 0 saturated carbocycles. The highest BCUT2D eigenvalue weighted by Gasteiger charge is 2.36. The first-order chi connectivity index (χ1) is 9.31. The van der Waals surface area contributed by atoms with Crippen LogP contribution in [0.25, 0.3) is 0 Å². The molecule has 8 heteroatoms. The molecular weight excluding hydrogens is 293 g/mol. The monoisotopic (exact) mass is 308 g/mol. The predicted molar refractivity (Wildman–Crippen MR) is 67.7 cm³/mol. The molecule has 20 heavy (non-hydrogen) atoms. The van der Waals surface area contributed by atoms with Gasteiger partial charge in [0.2, 0.25) is 10.0 Å². The number of sulfonamides is 1. The Morgan fingerprint density at radius 2 is 2.00 bits per heavy atom. The van der Waals surface area contributed by atoms with Crippen LogP contribution in [0, 0.1) is 0 Å². The molecule has 1 heterocycles. The molecular formula is C12H15F3N2O2S. The molecule has 0 spiro atoms. The highest BCUT2D eigenvalue weighted by atomic mass is 32.2. The molecule has 1 atom stereocenters. The van der Waals surface area contributed by atoms with Gasteiger partial charge in [0.1, 0.15) is 0 Å². The van der Waals surface area contributed by atoms with Crippen LogP contribution in [0.15, 0.2) is 29.2 Å². The summed E-state index contributed by atoms with van der Waals surface area (Å²) in [4.78, 5) is -0.731. The van der Waals surface area contributed by atoms with E-state index in [1.807, 2.05) is 0 Å². The summed E-state index contributed by atoms with van der Waals surface area (Å²) in [6.45, 7) is 0.889. The number of nitrogens with one attached hydrogen (secondary N) is 2. The molecule has 0 radical (unpaired) electrons. The molecule has 0 amide bonds. The molecule has 0 bridgehead atoms. The van der Waals surface area contributed by atoms with Crippen molar-refractivity contribution < 1.29 is 21.6 Å². The number of halogens is 3. The van der Waals surface area contributed by atoms with Crippen LogP contribution < -0.4 is 10.0 Å². The van der Waals surface area contributed by atoms with Gasteiger partial charge in [-0.2, -0.15) is 13.2 Å². The minimum Gasteiger partial charge on any atom is -0.313 e. The molecule has 1 fully saturated rings. The molecule has 0 unspecified atom stereocenters. The maximum Gasteiger partial charge on any atom is 0.417 e. The first-order valence-electron chi connectivity index (χ1n) is 6.20. The van der Waals surface area contributed by atoms with Gasteiger partial charge in [0.15, 0.2) is 0 Å². The number of hydrogen-bond donors (Lipinski definition) is 2. The van der Waals surface area contributed by atoms with Gasteiger partial charge in [-0.1, -0.05) is 12.1 Å². The molecule has 2 N–H and O–H groups in total. The van der Waals surface area contributed by atoms with Crippen LogP contribution >= 0.6 is 0 Å². The van der Waals surface area contributed by atoms with Crippen molar-refractivity contribution in [3.8, 4) is 0 Å². The fourth-order valence-corrected chi connectivity index (χ4v) is 3.46. The molecule has 1 saturated heterocycles. The van der Waals surface area contributed by atoms with Gasteiger partial charge in [-0.05, 0) is 31.5 Å². The molecule has 0 aliphatic carbocycles. The summed E-state index contributed by atoms with van der Waals surface area (Å²) in [7, 11) is -4.17. The van der Waals surface area contributed by atoms with Crippen molar-refractivity contribution >= 4 is 10.0 Å². The lowest BCUT2D eigenvalue weighted by Gasteiger charge is -2.15. The van der Waals surface area contributed by atoms with E-state index < -0.39 is 26.7 Å². The number of alkyl halides is 3. The van der Waals surface area contributed by atoms with Crippen molar-refractivity contribution in [1.82, 2.24) is 10.0 Å². The third-order valence-corrected chi connectivity index (χ3v) is 4.65. The number of benzene rings is 1. The van der Waals surface area contributed by atoms with Gasteiger partial charge in [0.05, 0.1) is 10.5 Å². The van der Waals surface area contributed by atoms with Gasteiger partial charge in [0, 0.05) is 12.6 Å². The van der Waals surface area contributed by atoms with Crippen molar-refractivity contribution in [1.29, 1.82) is 0 Å². The van der Waals surface area contributed by atoms with Gasteiger partial charge in [-0.15, -0.1) is 0 Å². The zero-order valence-electron chi connectivity index (χ0n) is 10.6. The minimum absolute atomic E-state index is 0.0252. The summed E-state index contributed by atoms with van der Waals surface area (Å²) in [5.74, 6) is 0. The molecule has 112 valence electrons. The first-order valence-corrected chi connectivity index (χ1v) is 7.68. The molecule has 1 aliphatic heterocycles. The van der Waals surface area contributed by atoms with Gasteiger partial charge in [-0.3, -0.25) is 0 Å². The van der Waals surface area contributed by atoms with Gasteiger partial charge in [0.25, 0.3) is 0 Å². The largest absolute Gasteiger partial charge is 0.417 e. The molecule has 4 nitrogen and oxygen atoms in total. The average Bonchev–Trinajstić information content (AvgIpc) is 2.89. The summed E-state index contributed by atoms with van der Waals surface area (Å²) in [6, 6.07) is 4.15. The maximum absolute atomic E-state index is 12.8. The molecule has 1 aromatic carbocycles. The topological polar surface area (TPSA) is 58.2 Å². The normalized spacial score (nSPS) is 20.2. The second-order valence-electron chi connectivity index (χ2n) is 4.64. The van der Waals surface area contributed by atoms with Crippen molar-refractivity contribution in [2.45, 2.75) is 30.0 Å². The average molecular weight is 308 g/mol. The second kappa shape index (κ2) is 5.71. The van der Waals surface area contributed by atoms with E-state index in [0.29, 0.717) is 0 Å². The van der Waals surface area contributed by atoms with Crippen molar-refractivity contribution in [2.75, 3.05) is 13.1 Å². The fraction of sp³-hybridized carbons (Fsp3) is 0.500. The van der Waals surface area contributed by atoms with Gasteiger partial charge >= 0.3 is 6.18 Å². The van der Waals surface area contributed by atoms with Crippen LogP contribution in [0.1, 0.15) is 18.4 Å². The quantitative estimate of drug-likeness (QED) is 0.891. The third-order valence-electron chi connectivity index (χ3n) is 3.16. The molecule has 0 aromatic heterocycles. The predicted octanol–water partition coefficient (Wildman–Crippen LogP) is 1.74. The Kier molecular flexibility index (Phi) is 4.36. The van der Waals surface area contributed by atoms with Gasteiger partial charge in [-0.25, -0.2) is 13.1 Å². The van der Waals surface area contributed by atoms with Crippen LogP contribution in [0.5, 0.6) is 0 Å². The van der Waals surface area contributed by atoms with Crippen LogP contribution in [0.2, 0.25) is 0 Å². The van der Waals surface area contributed by atoms with Crippen LogP contribution in [0.3, 0.4) is 0 Å². The summed E-state index contributed by atoms with van der Waals surface area (Å²) in [5.41, 5.74) is -1.15. The van der Waals surface area contributed by atoms with E-state index in [-0.39, 0.29) is 12.6 Å². The number of rotatable bonds is 4. The summed E-state index contributed by atoms with van der Waals surface area (Å²) in [5, 5.41) is 3.08. The second-order valence-corrected chi connectivity index (χ2v) is 6.37. The van der Waals surface area contributed by atoms with Crippen molar-refractivity contribution in [2.24, 2.45) is 0 Å². The summed E-state index contributed by atoms with van der Waals surface area (Å²) in [6.07, 6.45) is -2.95. The standard InChI is InChI=1S/C12H15F3N2O2S/c13-12(14,15)10-5-1-2-6-11(10)20(18,19)17-8-9-4-3-7-16-9/h1-2,5-6,9,16-17H,3-4,7-8H2/t9-/m0/s1. The Hall–Kier alpha value is -1.12. The number of hydrogen-bond acceptors (Lipinski definition) is 3. The molecule has 1 aliphatic rings. The zero-order chi connectivity index (χ0) is 14.8. The summed E-state index contributed by atoms with van der Waals surface area (Å²) < 4.78 is 64.7. The van der Waals surface area contributed by atoms with E-state index in [9.17, 15) is 21.6 Å². The Bertz CT molecular complexity index is 566. The lowest BCUT2D eigenvalue weighted by molar-refractivity contribution is -0.139. The summed E-state index contributed by atoms with van der Waals surface area (Å²) >= 11 is 0. The Morgan fingerprint density at radius 3 is 2.60 bits per heavy atom. The van der Waals surface area contributed by atoms with Crippen molar-refractivity contribution in [3.63, 3.8) is 0 Å². The zero-order valence-corrected chi connectivity index (χ0v) is 11.4. The first kappa shape index (κ1) is 15.3. The van der Waals surface area contributed by atoms with E-state index in [1.165, 1.54) is 12.1 Å². The highest BCUT2D eigenvalue weighted by molar-refractivity contribution is 7.89. The van der Waals surface area contributed by atoms with E-state index in [0.717, 1.165) is 31.5 Å². The lowest BCUT2D eigenvalue weighted by atomic mass is 10.2. The van der Waals surface area contributed by atoms with E-state index in [4.69, 9.17) is 0 Å². The van der Waals surface area contributed by atoms with Crippen molar-refractivity contribution in [3.05, 3.63) is 29.8 Å². The van der Waals surface area contributed by atoms with Gasteiger partial charge < -0.3 is 5.32 Å². The Morgan fingerprint density at radius 1 is 1.30 bits per heavy atom. The SMILES string of the molecule is O=S(=O)(NC[C@@H]1CCCN1)c1ccccc1C(F)(F)F. The Balaban J connectivity index is 2.20. The maximum atomic E-state index is 12.8. The minimum atomic E-state index is -4.70. The smallest absolute Gasteiger partial charge is 0.313 e. The van der Waals surface area contributed by atoms with E-state index >= 15 is 0 Å². The van der Waals surface area contributed by atoms with Crippen LogP contribution in [-0.4, -0.2) is 27.5 Å². The van der Waals surface area contributed by atoms with Crippen LogP contribution in [0.4, 0.5) is 13.2 Å². The Labute approximate surface area is 115 Å². The lowest BCUT2D eigenvalue weighted by Crippen LogP contribution is -2.37.